The molecule has 190 valence electrons. The number of rotatable bonds is 4. The molecule has 1 aromatic carbocycles. The van der Waals surface area contributed by atoms with Gasteiger partial charge in [-0.1, -0.05) is 6.07 Å². The van der Waals surface area contributed by atoms with Crippen LogP contribution in [0.25, 0.3) is 0 Å². The van der Waals surface area contributed by atoms with Gasteiger partial charge in [0.25, 0.3) is 5.91 Å². The predicted molar refractivity (Wildman–Crippen MR) is 118 cm³/mol. The van der Waals surface area contributed by atoms with E-state index in [0.29, 0.717) is 56.2 Å². The zero-order valence-electron chi connectivity index (χ0n) is 19.4. The van der Waals surface area contributed by atoms with Gasteiger partial charge in [-0.15, -0.1) is 0 Å². The number of nitrogens with one attached hydrogen (secondary N) is 1. The van der Waals surface area contributed by atoms with Gasteiger partial charge in [0.1, 0.15) is 5.82 Å². The quantitative estimate of drug-likeness (QED) is 0.693. The average molecular weight is 496 g/mol. The number of nitrogens with zero attached hydrogens (tertiary/aromatic N) is 3. The van der Waals surface area contributed by atoms with E-state index in [4.69, 9.17) is 18.9 Å². The number of alkyl halides is 3. The third-order valence-corrected chi connectivity index (χ3v) is 6.84. The van der Waals surface area contributed by atoms with Crippen LogP contribution in [0, 0.1) is 0 Å². The van der Waals surface area contributed by atoms with Gasteiger partial charge in [-0.05, 0) is 17.7 Å². The average Bonchev–Trinajstić information content (AvgIpc) is 3.49. The van der Waals surface area contributed by atoms with Crippen LogP contribution < -0.4 is 14.8 Å². The Labute approximate surface area is 200 Å². The number of likely N-dealkylation sites (tertiary alicyclic amines) is 1. The van der Waals surface area contributed by atoms with E-state index in [2.05, 4.69) is 10.4 Å². The number of hydrogen-bond donors (Lipinski definition) is 1. The molecule has 1 amide bonds. The first-order valence-corrected chi connectivity index (χ1v) is 11.4. The maximum Gasteiger partial charge on any atom is 0.410 e. The molecule has 3 aliphatic heterocycles. The molecule has 3 aliphatic rings. The first-order chi connectivity index (χ1) is 16.7. The van der Waals surface area contributed by atoms with Crippen LogP contribution in [0.2, 0.25) is 0 Å². The lowest BCUT2D eigenvalue weighted by Crippen LogP contribution is -2.47. The Hall–Kier alpha value is -2.99. The number of anilines is 1. The summed E-state index contributed by atoms with van der Waals surface area (Å²) in [5.41, 5.74) is 0.578. The van der Waals surface area contributed by atoms with E-state index in [1.54, 1.807) is 23.1 Å². The molecule has 2 fully saturated rings. The zero-order chi connectivity index (χ0) is 24.8. The summed E-state index contributed by atoms with van der Waals surface area (Å²) in [7, 11) is 2.96. The number of aromatic nitrogens is 2. The van der Waals surface area contributed by atoms with Crippen LogP contribution in [0.4, 0.5) is 19.0 Å². The number of hydrogen-bond acceptors (Lipinski definition) is 7. The Morgan fingerprint density at radius 3 is 2.43 bits per heavy atom. The minimum absolute atomic E-state index is 0.0288. The molecule has 5 rings (SSSR count). The number of amides is 1. The lowest BCUT2D eigenvalue weighted by atomic mass is 9.96. The monoisotopic (exact) mass is 496 g/mol. The summed E-state index contributed by atoms with van der Waals surface area (Å²) in [6.07, 6.45) is -3.82. The standard InChI is InChI=1S/C23H27F3N4O5/c1-32-17-4-3-14(11-18(17)33-2)15-12-19(23(24,25)26)30-20(27-15)13-16(28-30)21(31)29-7-5-22(6-8-29)34-9-10-35-22/h3-4,11,13,15,19,27H,5-10,12H2,1-2H3/t15-,19-/m1/s1. The Morgan fingerprint density at radius 1 is 1.11 bits per heavy atom. The summed E-state index contributed by atoms with van der Waals surface area (Å²) in [6.45, 7) is 1.80. The molecule has 1 spiro atoms. The molecule has 2 atom stereocenters. The van der Waals surface area contributed by atoms with Crippen molar-refractivity contribution in [1.82, 2.24) is 14.7 Å². The highest BCUT2D eigenvalue weighted by Gasteiger charge is 2.47. The number of benzene rings is 1. The van der Waals surface area contributed by atoms with E-state index in [0.717, 1.165) is 4.68 Å². The van der Waals surface area contributed by atoms with Crippen LogP contribution in [0.1, 0.15) is 47.4 Å². The van der Waals surface area contributed by atoms with E-state index in [1.807, 2.05) is 0 Å². The molecule has 0 radical (unpaired) electrons. The Morgan fingerprint density at radius 2 is 1.80 bits per heavy atom. The molecule has 35 heavy (non-hydrogen) atoms. The zero-order valence-corrected chi connectivity index (χ0v) is 19.4. The second-order valence-corrected chi connectivity index (χ2v) is 8.86. The van der Waals surface area contributed by atoms with Crippen molar-refractivity contribution >= 4 is 11.7 Å². The van der Waals surface area contributed by atoms with Gasteiger partial charge >= 0.3 is 6.18 Å². The second-order valence-electron chi connectivity index (χ2n) is 8.86. The van der Waals surface area contributed by atoms with E-state index in [9.17, 15) is 18.0 Å². The number of methoxy groups -OCH3 is 2. The van der Waals surface area contributed by atoms with Crippen LogP contribution in [-0.4, -0.2) is 73.1 Å². The highest BCUT2D eigenvalue weighted by molar-refractivity contribution is 5.93. The van der Waals surface area contributed by atoms with Crippen molar-refractivity contribution in [3.63, 3.8) is 0 Å². The fraction of sp³-hybridized carbons (Fsp3) is 0.565. The van der Waals surface area contributed by atoms with E-state index >= 15 is 0 Å². The Balaban J connectivity index is 1.39. The first kappa shape index (κ1) is 23.7. The molecule has 4 heterocycles. The highest BCUT2D eigenvalue weighted by atomic mass is 19.4. The van der Waals surface area contributed by atoms with Gasteiger partial charge in [0.15, 0.2) is 29.0 Å². The maximum atomic E-state index is 14.1. The lowest BCUT2D eigenvalue weighted by molar-refractivity contribution is -0.181. The predicted octanol–water partition coefficient (Wildman–Crippen LogP) is 3.54. The van der Waals surface area contributed by atoms with Gasteiger partial charge in [0.2, 0.25) is 0 Å². The third kappa shape index (κ3) is 4.40. The van der Waals surface area contributed by atoms with Crippen molar-refractivity contribution in [2.24, 2.45) is 0 Å². The lowest BCUT2D eigenvalue weighted by Gasteiger charge is -2.37. The van der Waals surface area contributed by atoms with Gasteiger partial charge in [0, 0.05) is 38.4 Å². The SMILES string of the molecule is COc1ccc([C@H]2C[C@H](C(F)(F)F)n3nc(C(=O)N4CCC5(CC4)OCCO5)cc3N2)cc1OC. The summed E-state index contributed by atoms with van der Waals surface area (Å²) in [5, 5.41) is 7.20. The molecule has 12 heteroatoms. The minimum Gasteiger partial charge on any atom is -0.493 e. The van der Waals surface area contributed by atoms with E-state index in [-0.39, 0.29) is 17.9 Å². The molecule has 2 saturated heterocycles. The van der Waals surface area contributed by atoms with Gasteiger partial charge < -0.3 is 29.2 Å². The molecule has 9 nitrogen and oxygen atoms in total. The fourth-order valence-electron chi connectivity index (χ4n) is 4.96. The second kappa shape index (κ2) is 8.90. The molecular weight excluding hydrogens is 469 g/mol. The van der Waals surface area contributed by atoms with Crippen LogP contribution in [0.15, 0.2) is 24.3 Å². The number of carbonyl (C=O) groups is 1. The summed E-state index contributed by atoms with van der Waals surface area (Å²) in [5.74, 6) is -0.0277. The van der Waals surface area contributed by atoms with Gasteiger partial charge in [-0.3, -0.25) is 4.79 Å². The molecule has 2 aromatic rings. The van der Waals surface area contributed by atoms with Gasteiger partial charge in [-0.2, -0.15) is 18.3 Å². The topological polar surface area (TPSA) is 87.1 Å². The van der Waals surface area contributed by atoms with Crippen LogP contribution in [0.3, 0.4) is 0 Å². The van der Waals surface area contributed by atoms with Crippen LogP contribution in [-0.2, 0) is 9.47 Å². The summed E-state index contributed by atoms with van der Waals surface area (Å²) < 4.78 is 64.9. The molecule has 1 N–H and O–H groups in total. The molecule has 1 aromatic heterocycles. The van der Waals surface area contributed by atoms with Crippen LogP contribution >= 0.6 is 0 Å². The van der Waals surface area contributed by atoms with Crippen molar-refractivity contribution in [2.45, 2.75) is 43.3 Å². The number of ether oxygens (including phenoxy) is 4. The summed E-state index contributed by atoms with van der Waals surface area (Å²) >= 11 is 0. The molecule has 0 aliphatic carbocycles. The van der Waals surface area contributed by atoms with E-state index in [1.165, 1.54) is 20.3 Å². The van der Waals surface area contributed by atoms with E-state index < -0.39 is 30.0 Å². The van der Waals surface area contributed by atoms with Crippen molar-refractivity contribution in [3.05, 3.63) is 35.5 Å². The Kier molecular flexibility index (Phi) is 6.04. The minimum atomic E-state index is -4.55. The smallest absolute Gasteiger partial charge is 0.410 e. The molecular formula is C23H27F3N4O5. The number of carbonyl (C=O) groups excluding carboxylic acids is 1. The summed E-state index contributed by atoms with van der Waals surface area (Å²) in [6, 6.07) is 3.84. The number of fused-ring (bicyclic) bond motifs is 1. The number of halogens is 3. The third-order valence-electron chi connectivity index (χ3n) is 6.84. The largest absolute Gasteiger partial charge is 0.493 e. The molecule has 0 saturated carbocycles. The van der Waals surface area contributed by atoms with Crippen LogP contribution in [0.5, 0.6) is 11.5 Å². The van der Waals surface area contributed by atoms with Crippen molar-refractivity contribution in [3.8, 4) is 11.5 Å². The van der Waals surface area contributed by atoms with Gasteiger partial charge in [0.05, 0.1) is 33.5 Å². The van der Waals surface area contributed by atoms with Gasteiger partial charge in [-0.25, -0.2) is 4.68 Å². The highest BCUT2D eigenvalue weighted by Crippen LogP contribution is 2.45. The van der Waals surface area contributed by atoms with Crippen molar-refractivity contribution < 1.29 is 36.9 Å². The first-order valence-electron chi connectivity index (χ1n) is 11.4. The molecule has 0 bridgehead atoms. The Bertz CT molecular complexity index is 1090. The van der Waals surface area contributed by atoms with Crippen molar-refractivity contribution in [2.75, 3.05) is 45.8 Å². The normalized spacial score (nSPS) is 23.6. The fourth-order valence-corrected chi connectivity index (χ4v) is 4.96. The molecule has 0 unspecified atom stereocenters. The van der Waals surface area contributed by atoms with Crippen molar-refractivity contribution in [1.29, 1.82) is 0 Å². The summed E-state index contributed by atoms with van der Waals surface area (Å²) in [4.78, 5) is 14.7. The number of piperidine rings is 1. The maximum absolute atomic E-state index is 14.1.